The summed E-state index contributed by atoms with van der Waals surface area (Å²) in [6.07, 6.45) is 7.62. The number of nitriles is 1. The maximum Gasteiger partial charge on any atom is 0.254 e. The van der Waals surface area contributed by atoms with Gasteiger partial charge in [-0.15, -0.1) is 0 Å². The van der Waals surface area contributed by atoms with Crippen molar-refractivity contribution in [3.8, 4) is 6.07 Å². The first-order chi connectivity index (χ1) is 15.2. The van der Waals surface area contributed by atoms with Crippen molar-refractivity contribution in [2.75, 3.05) is 13.6 Å². The van der Waals surface area contributed by atoms with Crippen LogP contribution in [0.4, 0.5) is 0 Å². The minimum atomic E-state index is -0.619. The Balaban J connectivity index is 1.73. The third-order valence-corrected chi connectivity index (χ3v) is 7.99. The molecular weight excluding hydrogens is 406 g/mol. The maximum absolute atomic E-state index is 12.9. The van der Waals surface area contributed by atoms with Gasteiger partial charge in [0.25, 0.3) is 5.91 Å². The van der Waals surface area contributed by atoms with E-state index in [4.69, 9.17) is 5.26 Å². The van der Waals surface area contributed by atoms with E-state index in [1.54, 1.807) is 11.9 Å². The molecule has 0 spiro atoms. The number of aromatic nitrogens is 2. The van der Waals surface area contributed by atoms with Gasteiger partial charge in [0, 0.05) is 37.9 Å². The van der Waals surface area contributed by atoms with E-state index in [1.807, 2.05) is 6.92 Å². The predicted molar refractivity (Wildman–Crippen MR) is 119 cm³/mol. The third kappa shape index (κ3) is 4.78. The number of nitrogens with one attached hydrogen (secondary N) is 1. The highest BCUT2D eigenvalue weighted by molar-refractivity contribution is 5.93. The fourth-order valence-corrected chi connectivity index (χ4v) is 6.02. The Kier molecular flexibility index (Phi) is 7.50. The lowest BCUT2D eigenvalue weighted by Crippen LogP contribution is -2.58. The fourth-order valence-electron chi connectivity index (χ4n) is 6.02. The van der Waals surface area contributed by atoms with Crippen LogP contribution in [0.2, 0.25) is 0 Å². The second-order valence-electron chi connectivity index (χ2n) is 9.93. The van der Waals surface area contributed by atoms with Crippen LogP contribution in [-0.4, -0.2) is 57.5 Å². The molecule has 3 rings (SSSR count). The first kappa shape index (κ1) is 24.1. The van der Waals surface area contributed by atoms with Crippen LogP contribution in [0.15, 0.2) is 18.7 Å². The highest BCUT2D eigenvalue weighted by Crippen LogP contribution is 2.55. The van der Waals surface area contributed by atoms with Crippen molar-refractivity contribution in [1.82, 2.24) is 20.2 Å². The molecule has 8 nitrogen and oxygen atoms in total. The maximum atomic E-state index is 12.9. The number of aliphatic hydroxyl groups is 1. The number of rotatable bonds is 6. The van der Waals surface area contributed by atoms with E-state index in [0.717, 1.165) is 25.7 Å². The Bertz CT molecular complexity index is 857. The molecule has 7 atom stereocenters. The van der Waals surface area contributed by atoms with Crippen LogP contribution < -0.4 is 5.32 Å². The van der Waals surface area contributed by atoms with Gasteiger partial charge >= 0.3 is 0 Å². The first-order valence-corrected chi connectivity index (χ1v) is 11.6. The molecule has 2 fully saturated rings. The molecule has 0 bridgehead atoms. The number of nitrogens with zero attached hydrogens (tertiary/aromatic N) is 4. The second kappa shape index (κ2) is 9.95. The second-order valence-corrected chi connectivity index (χ2v) is 9.93. The molecule has 0 unspecified atom stereocenters. The summed E-state index contributed by atoms with van der Waals surface area (Å²) >= 11 is 0. The molecule has 2 amide bonds. The number of carbonyl (C=O) groups excluding carboxylic acids is 2. The molecule has 0 saturated heterocycles. The van der Waals surface area contributed by atoms with Crippen LogP contribution in [0, 0.1) is 40.4 Å². The number of hydrogen-bond acceptors (Lipinski definition) is 6. The zero-order valence-corrected chi connectivity index (χ0v) is 19.5. The van der Waals surface area contributed by atoms with E-state index in [9.17, 15) is 14.7 Å². The highest BCUT2D eigenvalue weighted by atomic mass is 16.3. The van der Waals surface area contributed by atoms with Crippen LogP contribution in [0.3, 0.4) is 0 Å². The number of fused-ring (bicyclic) bond motifs is 1. The van der Waals surface area contributed by atoms with Crippen LogP contribution >= 0.6 is 0 Å². The lowest BCUT2D eigenvalue weighted by atomic mass is 9.51. The van der Waals surface area contributed by atoms with Gasteiger partial charge in [-0.1, -0.05) is 20.8 Å². The van der Waals surface area contributed by atoms with Gasteiger partial charge in [-0.25, -0.2) is 9.97 Å². The molecule has 1 aromatic heterocycles. The van der Waals surface area contributed by atoms with Gasteiger partial charge in [0.15, 0.2) is 0 Å². The highest BCUT2D eigenvalue weighted by Gasteiger charge is 2.54. The fraction of sp³-hybridized carbons (Fsp3) is 0.708. The Labute approximate surface area is 190 Å². The number of hydrogen-bond donors (Lipinski definition) is 2. The third-order valence-electron chi connectivity index (χ3n) is 7.99. The topological polar surface area (TPSA) is 119 Å². The molecule has 2 aliphatic carbocycles. The van der Waals surface area contributed by atoms with Crippen molar-refractivity contribution in [2.45, 2.75) is 65.0 Å². The van der Waals surface area contributed by atoms with E-state index < -0.39 is 6.10 Å². The molecule has 2 N–H and O–H groups in total. The largest absolute Gasteiger partial charge is 0.392 e. The van der Waals surface area contributed by atoms with Gasteiger partial charge in [-0.2, -0.15) is 5.26 Å². The number of carbonyl (C=O) groups is 2. The minimum Gasteiger partial charge on any atom is -0.392 e. The Hall–Kier alpha value is -2.53. The quantitative estimate of drug-likeness (QED) is 0.700. The summed E-state index contributed by atoms with van der Waals surface area (Å²) in [5.74, 6) is -0.613. The van der Waals surface area contributed by atoms with Crippen molar-refractivity contribution in [1.29, 1.82) is 5.26 Å². The summed E-state index contributed by atoms with van der Waals surface area (Å²) in [5, 5.41) is 23.4. The lowest BCUT2D eigenvalue weighted by Gasteiger charge is -2.56. The van der Waals surface area contributed by atoms with Gasteiger partial charge in [0.1, 0.15) is 6.33 Å². The van der Waals surface area contributed by atoms with Gasteiger partial charge in [0.05, 0.1) is 24.2 Å². The SMILES string of the molecule is C[C@@H]1[C@@H]2[C@@H](O)[C@@H]([C@H](C)C(=O)N(C)CCC#N)CC[C@]2(C)CC[C@@H]1NC(=O)c1cncnc1. The number of aliphatic hydroxyl groups excluding tert-OH is 1. The van der Waals surface area contributed by atoms with E-state index in [-0.39, 0.29) is 46.9 Å². The molecule has 0 aromatic carbocycles. The van der Waals surface area contributed by atoms with E-state index in [0.29, 0.717) is 18.5 Å². The zero-order valence-electron chi connectivity index (χ0n) is 19.5. The van der Waals surface area contributed by atoms with E-state index >= 15 is 0 Å². The van der Waals surface area contributed by atoms with Crippen molar-refractivity contribution in [3.63, 3.8) is 0 Å². The molecule has 8 heteroatoms. The molecule has 174 valence electrons. The van der Waals surface area contributed by atoms with Crippen LogP contribution in [0.1, 0.15) is 63.2 Å². The molecule has 0 aliphatic heterocycles. The molecule has 32 heavy (non-hydrogen) atoms. The molecule has 0 radical (unpaired) electrons. The Morgan fingerprint density at radius 3 is 2.66 bits per heavy atom. The van der Waals surface area contributed by atoms with Crippen molar-refractivity contribution in [3.05, 3.63) is 24.3 Å². The van der Waals surface area contributed by atoms with Gasteiger partial charge < -0.3 is 15.3 Å². The predicted octanol–water partition coefficient (Wildman–Crippen LogP) is 2.41. The average molecular weight is 442 g/mol. The van der Waals surface area contributed by atoms with Gasteiger partial charge in [-0.05, 0) is 48.9 Å². The van der Waals surface area contributed by atoms with Crippen molar-refractivity contribution in [2.24, 2.45) is 29.1 Å². The van der Waals surface area contributed by atoms with Crippen molar-refractivity contribution >= 4 is 11.8 Å². The summed E-state index contributed by atoms with van der Waals surface area (Å²) in [6, 6.07) is 2.02. The monoisotopic (exact) mass is 441 g/mol. The van der Waals surface area contributed by atoms with Gasteiger partial charge in [0.2, 0.25) is 5.91 Å². The molecule has 1 heterocycles. The smallest absolute Gasteiger partial charge is 0.254 e. The summed E-state index contributed by atoms with van der Waals surface area (Å²) in [5.41, 5.74) is 0.414. The standard InChI is InChI=1S/C24H35N5O3/c1-15(23(32)29(4)11-5-10-25)18-6-8-24(3)9-7-19(16(2)20(24)21(18)30)28-22(31)17-12-26-14-27-13-17/h12-16,18-21,30H,5-9,11H2,1-4H3,(H,28,31)/t15-,16-,18+,19-,20+,21-,24+/m0/s1. The number of amides is 2. The normalized spacial score (nSPS) is 32.8. The molecule has 2 saturated carbocycles. The summed E-state index contributed by atoms with van der Waals surface area (Å²) < 4.78 is 0. The van der Waals surface area contributed by atoms with Crippen LogP contribution in [0.5, 0.6) is 0 Å². The Morgan fingerprint density at radius 2 is 2.00 bits per heavy atom. The summed E-state index contributed by atoms with van der Waals surface area (Å²) in [6.45, 7) is 6.63. The van der Waals surface area contributed by atoms with Crippen LogP contribution in [0.25, 0.3) is 0 Å². The summed E-state index contributed by atoms with van der Waals surface area (Å²) in [4.78, 5) is 35.0. The van der Waals surface area contributed by atoms with Crippen LogP contribution in [-0.2, 0) is 4.79 Å². The average Bonchev–Trinajstić information content (AvgIpc) is 2.79. The van der Waals surface area contributed by atoms with E-state index in [2.05, 4.69) is 35.2 Å². The Morgan fingerprint density at radius 1 is 1.34 bits per heavy atom. The minimum absolute atomic E-state index is 0.00742. The first-order valence-electron chi connectivity index (χ1n) is 11.6. The molecular formula is C24H35N5O3. The van der Waals surface area contributed by atoms with Gasteiger partial charge in [-0.3, -0.25) is 9.59 Å². The summed E-state index contributed by atoms with van der Waals surface area (Å²) in [7, 11) is 1.72. The van der Waals surface area contributed by atoms with E-state index in [1.165, 1.54) is 18.7 Å². The van der Waals surface area contributed by atoms with Crippen molar-refractivity contribution < 1.29 is 14.7 Å². The molecule has 2 aliphatic rings. The molecule has 1 aromatic rings. The lowest BCUT2D eigenvalue weighted by molar-refractivity contribution is -0.149. The zero-order chi connectivity index (χ0) is 23.5.